The highest BCUT2D eigenvalue weighted by Crippen LogP contribution is 2.21. The number of hydrogen-bond donors (Lipinski definition) is 3. The van der Waals surface area contributed by atoms with Crippen LogP contribution in [0.25, 0.3) is 5.57 Å². The number of carboxylic acid groups (broad SMARTS) is 2. The van der Waals surface area contributed by atoms with Gasteiger partial charge in [-0.3, -0.25) is 14.6 Å². The summed E-state index contributed by atoms with van der Waals surface area (Å²) in [5, 5.41) is 20.2. The smallest absolute Gasteiger partial charge is 0.336 e. The van der Waals surface area contributed by atoms with Gasteiger partial charge in [0.15, 0.2) is 0 Å². The molecule has 3 N–H and O–H groups in total. The number of rotatable bonds is 8. The van der Waals surface area contributed by atoms with Gasteiger partial charge in [0.1, 0.15) is 5.69 Å². The summed E-state index contributed by atoms with van der Waals surface area (Å²) in [7, 11) is 0. The fourth-order valence-electron chi connectivity index (χ4n) is 1.89. The highest BCUT2D eigenvalue weighted by molar-refractivity contribution is 6.01. The summed E-state index contributed by atoms with van der Waals surface area (Å²) in [6.07, 6.45) is 5.65. The molecule has 126 valence electrons. The van der Waals surface area contributed by atoms with Crippen LogP contribution in [0.5, 0.6) is 0 Å². The normalized spacial score (nSPS) is 11.7. The van der Waals surface area contributed by atoms with Crippen molar-refractivity contribution in [3.05, 3.63) is 60.0 Å². The highest BCUT2D eigenvalue weighted by atomic mass is 16.4. The first kappa shape index (κ1) is 18.8. The van der Waals surface area contributed by atoms with Crippen molar-refractivity contribution in [3.63, 3.8) is 0 Å². The Labute approximate surface area is 139 Å². The van der Waals surface area contributed by atoms with Crippen LogP contribution in [-0.4, -0.2) is 39.6 Å². The maximum absolute atomic E-state index is 11.8. The van der Waals surface area contributed by atoms with Gasteiger partial charge in [-0.05, 0) is 18.6 Å². The van der Waals surface area contributed by atoms with Gasteiger partial charge in [-0.1, -0.05) is 30.9 Å². The van der Waals surface area contributed by atoms with Crippen molar-refractivity contribution in [2.45, 2.75) is 13.3 Å². The number of nitrogens with zero attached hydrogens (tertiary/aromatic N) is 1. The van der Waals surface area contributed by atoms with Crippen LogP contribution in [0.2, 0.25) is 0 Å². The summed E-state index contributed by atoms with van der Waals surface area (Å²) in [6, 6.07) is 2.99. The first-order valence-electron chi connectivity index (χ1n) is 7.09. The molecule has 0 aliphatic carbocycles. The third-order valence-corrected chi connectivity index (χ3v) is 2.99. The van der Waals surface area contributed by atoms with Crippen LogP contribution in [0.15, 0.2) is 48.7 Å². The molecule has 0 fully saturated rings. The topological polar surface area (TPSA) is 117 Å². The molecule has 7 heteroatoms. The summed E-state index contributed by atoms with van der Waals surface area (Å²) < 4.78 is 0. The third-order valence-electron chi connectivity index (χ3n) is 2.99. The van der Waals surface area contributed by atoms with E-state index in [1.165, 1.54) is 24.4 Å². The number of aromatic nitrogens is 1. The first-order valence-corrected chi connectivity index (χ1v) is 7.09. The van der Waals surface area contributed by atoms with Gasteiger partial charge in [0.2, 0.25) is 0 Å². The molecule has 0 aliphatic heterocycles. The number of pyridine rings is 1. The lowest BCUT2D eigenvalue weighted by Gasteiger charge is -2.07. The van der Waals surface area contributed by atoms with Gasteiger partial charge < -0.3 is 15.5 Å². The van der Waals surface area contributed by atoms with Crippen molar-refractivity contribution in [1.82, 2.24) is 10.3 Å². The molecular formula is C17H18N2O5. The number of hydrogen-bond acceptors (Lipinski definition) is 4. The van der Waals surface area contributed by atoms with Crippen LogP contribution in [0.3, 0.4) is 0 Å². The Kier molecular flexibility index (Phi) is 7.09. The summed E-state index contributed by atoms with van der Waals surface area (Å²) in [4.78, 5) is 37.5. The molecule has 0 radical (unpaired) electrons. The molecule has 7 nitrogen and oxygen atoms in total. The highest BCUT2D eigenvalue weighted by Gasteiger charge is 2.13. The molecule has 1 rings (SSSR count). The van der Waals surface area contributed by atoms with Gasteiger partial charge in [-0.15, -0.1) is 0 Å². The molecule has 24 heavy (non-hydrogen) atoms. The number of amides is 1. The second-order valence-electron chi connectivity index (χ2n) is 4.67. The Morgan fingerprint density at radius 1 is 1.29 bits per heavy atom. The van der Waals surface area contributed by atoms with Gasteiger partial charge >= 0.3 is 11.9 Å². The summed E-state index contributed by atoms with van der Waals surface area (Å²) in [5.41, 5.74) is 1.05. The fraction of sp³-hybridized carbons (Fsp3) is 0.176. The van der Waals surface area contributed by atoms with E-state index in [1.807, 2.05) is 0 Å². The standard InChI is InChI=1S/C17H18N2O5/c1-3-5-13(17(23)24)12(4-2)11-6-7-14(19-10-11)16(22)18-9-8-15(20)21/h3-7,10H,2,8-9H2,1H3,(H,18,22)(H,20,21)(H,23,24)/b5-3-,13-12-. The lowest BCUT2D eigenvalue weighted by Crippen LogP contribution is -2.26. The van der Waals surface area contributed by atoms with E-state index in [-0.39, 0.29) is 24.2 Å². The van der Waals surface area contributed by atoms with Gasteiger partial charge in [-0.2, -0.15) is 0 Å². The number of allylic oxidation sites excluding steroid dienone is 3. The van der Waals surface area contributed by atoms with Gasteiger partial charge in [-0.25, -0.2) is 4.79 Å². The van der Waals surface area contributed by atoms with E-state index < -0.39 is 17.8 Å². The van der Waals surface area contributed by atoms with E-state index in [9.17, 15) is 19.5 Å². The predicted octanol–water partition coefficient (Wildman–Crippen LogP) is 1.89. The Balaban J connectivity index is 3.02. The molecule has 0 aliphatic rings. The van der Waals surface area contributed by atoms with Gasteiger partial charge in [0.25, 0.3) is 5.91 Å². The quantitative estimate of drug-likeness (QED) is 0.495. The van der Waals surface area contributed by atoms with Crippen LogP contribution in [0.4, 0.5) is 0 Å². The molecule has 0 unspecified atom stereocenters. The summed E-state index contributed by atoms with van der Waals surface area (Å²) in [6.45, 7) is 5.32. The lowest BCUT2D eigenvalue weighted by atomic mass is 10.0. The van der Waals surface area contributed by atoms with Crippen molar-refractivity contribution in [3.8, 4) is 0 Å². The summed E-state index contributed by atoms with van der Waals surface area (Å²) in [5.74, 6) is -2.61. The van der Waals surface area contributed by atoms with Crippen LogP contribution in [0, 0.1) is 0 Å². The number of carbonyl (C=O) groups is 3. The van der Waals surface area contributed by atoms with Crippen molar-refractivity contribution < 1.29 is 24.6 Å². The Morgan fingerprint density at radius 3 is 2.46 bits per heavy atom. The van der Waals surface area contributed by atoms with Crippen molar-refractivity contribution >= 4 is 23.4 Å². The van der Waals surface area contributed by atoms with E-state index in [1.54, 1.807) is 19.1 Å². The molecule has 1 aromatic heterocycles. The van der Waals surface area contributed by atoms with Crippen LogP contribution < -0.4 is 5.32 Å². The molecule has 0 spiro atoms. The zero-order chi connectivity index (χ0) is 18.1. The molecule has 1 amide bonds. The average Bonchev–Trinajstić information content (AvgIpc) is 2.54. The molecule has 0 saturated carbocycles. The molecule has 1 heterocycles. The largest absolute Gasteiger partial charge is 0.481 e. The van der Waals surface area contributed by atoms with Gasteiger partial charge in [0.05, 0.1) is 12.0 Å². The zero-order valence-electron chi connectivity index (χ0n) is 13.2. The van der Waals surface area contributed by atoms with E-state index >= 15 is 0 Å². The zero-order valence-corrected chi connectivity index (χ0v) is 13.2. The number of aliphatic carboxylic acids is 2. The first-order chi connectivity index (χ1) is 11.4. The van der Waals surface area contributed by atoms with Crippen LogP contribution in [0.1, 0.15) is 29.4 Å². The summed E-state index contributed by atoms with van der Waals surface area (Å²) >= 11 is 0. The average molecular weight is 330 g/mol. The Morgan fingerprint density at radius 2 is 2.00 bits per heavy atom. The van der Waals surface area contributed by atoms with E-state index in [0.717, 1.165) is 0 Å². The van der Waals surface area contributed by atoms with Crippen molar-refractivity contribution in [2.24, 2.45) is 0 Å². The van der Waals surface area contributed by atoms with Crippen molar-refractivity contribution in [1.29, 1.82) is 0 Å². The Bertz CT molecular complexity index is 702. The maximum atomic E-state index is 11.8. The minimum atomic E-state index is -1.10. The monoisotopic (exact) mass is 330 g/mol. The second kappa shape index (κ2) is 9.04. The van der Waals surface area contributed by atoms with E-state index in [4.69, 9.17) is 5.11 Å². The minimum absolute atomic E-state index is 0.000133. The molecule has 1 aromatic rings. The number of nitrogens with one attached hydrogen (secondary N) is 1. The SMILES string of the molecule is C=C/C(=C(\C=C/C)C(=O)O)c1ccc(C(=O)NCCC(=O)O)nc1. The Hall–Kier alpha value is -3.22. The van der Waals surface area contributed by atoms with E-state index in [2.05, 4.69) is 16.9 Å². The van der Waals surface area contributed by atoms with Crippen LogP contribution >= 0.6 is 0 Å². The minimum Gasteiger partial charge on any atom is -0.481 e. The number of carboxylic acids is 2. The molecular weight excluding hydrogens is 312 g/mol. The second-order valence-corrected chi connectivity index (χ2v) is 4.67. The lowest BCUT2D eigenvalue weighted by molar-refractivity contribution is -0.137. The van der Waals surface area contributed by atoms with E-state index in [0.29, 0.717) is 11.1 Å². The molecule has 0 saturated heterocycles. The predicted molar refractivity (Wildman–Crippen MR) is 88.4 cm³/mol. The molecule has 0 atom stereocenters. The number of carbonyl (C=O) groups excluding carboxylic acids is 1. The van der Waals surface area contributed by atoms with Crippen molar-refractivity contribution in [2.75, 3.05) is 6.54 Å². The molecule has 0 aromatic carbocycles. The molecule has 0 bridgehead atoms. The maximum Gasteiger partial charge on any atom is 0.336 e. The third kappa shape index (κ3) is 5.20. The van der Waals surface area contributed by atoms with Crippen LogP contribution in [-0.2, 0) is 9.59 Å². The fourth-order valence-corrected chi connectivity index (χ4v) is 1.89. The van der Waals surface area contributed by atoms with Gasteiger partial charge in [0, 0.05) is 18.3 Å².